The minimum atomic E-state index is 0.171. The van der Waals surface area contributed by atoms with E-state index >= 15 is 0 Å². The molecule has 1 aromatic rings. The fourth-order valence-corrected chi connectivity index (χ4v) is 4.79. The Kier molecular flexibility index (Phi) is 5.26. The van der Waals surface area contributed by atoms with E-state index in [-0.39, 0.29) is 11.3 Å². The van der Waals surface area contributed by atoms with Crippen molar-refractivity contribution in [2.75, 3.05) is 13.1 Å². The van der Waals surface area contributed by atoms with Crippen molar-refractivity contribution in [3.63, 3.8) is 0 Å². The predicted molar refractivity (Wildman–Crippen MR) is 94.7 cm³/mol. The number of aryl methyl sites for hydroxylation is 1. The van der Waals surface area contributed by atoms with Gasteiger partial charge in [-0.3, -0.25) is 9.89 Å². The molecule has 0 aromatic carbocycles. The van der Waals surface area contributed by atoms with E-state index in [1.54, 1.807) is 0 Å². The van der Waals surface area contributed by atoms with Crippen LogP contribution < -0.4 is 0 Å². The second-order valence-electron chi connectivity index (χ2n) is 7.74. The zero-order valence-electron chi connectivity index (χ0n) is 15.5. The molecule has 5 heteroatoms. The SMILES string of the molecule is CCCc1nc(C2CN(C(=O)C(CC)CC)CC23CCCC3)n[nH]1. The molecule has 1 atom stereocenters. The average Bonchev–Trinajstić information content (AvgIpc) is 3.30. The molecule has 1 saturated heterocycles. The summed E-state index contributed by atoms with van der Waals surface area (Å²) < 4.78 is 0. The van der Waals surface area contributed by atoms with Crippen molar-refractivity contribution in [1.29, 1.82) is 0 Å². The average molecular weight is 332 g/mol. The van der Waals surface area contributed by atoms with Crippen LogP contribution in [0, 0.1) is 11.3 Å². The summed E-state index contributed by atoms with van der Waals surface area (Å²) in [5.41, 5.74) is 0.216. The first-order valence-corrected chi connectivity index (χ1v) is 9.83. The Morgan fingerprint density at radius 2 is 2.00 bits per heavy atom. The van der Waals surface area contributed by atoms with Gasteiger partial charge in [0.05, 0.1) is 0 Å². The molecule has 2 heterocycles. The lowest BCUT2D eigenvalue weighted by Crippen LogP contribution is -2.35. The third-order valence-corrected chi connectivity index (χ3v) is 6.24. The standard InChI is InChI=1S/C19H32N4O/c1-4-9-16-20-17(22-21-16)15-12-23(18(24)14(5-2)6-3)13-19(15)10-7-8-11-19/h14-15H,4-13H2,1-3H3,(H,20,21,22). The van der Waals surface area contributed by atoms with Crippen LogP contribution in [-0.4, -0.2) is 39.1 Å². The van der Waals surface area contributed by atoms with Gasteiger partial charge in [-0.2, -0.15) is 5.10 Å². The lowest BCUT2D eigenvalue weighted by molar-refractivity contribution is -0.135. The molecule has 134 valence electrons. The summed E-state index contributed by atoms with van der Waals surface area (Å²) in [6, 6.07) is 0. The second-order valence-corrected chi connectivity index (χ2v) is 7.74. The largest absolute Gasteiger partial charge is 0.341 e. The van der Waals surface area contributed by atoms with E-state index in [1.807, 2.05) is 0 Å². The van der Waals surface area contributed by atoms with Crippen molar-refractivity contribution in [3.05, 3.63) is 11.6 Å². The maximum atomic E-state index is 12.9. The highest BCUT2D eigenvalue weighted by atomic mass is 16.2. The Morgan fingerprint density at radius 3 is 2.62 bits per heavy atom. The number of carbonyl (C=O) groups excluding carboxylic acids is 1. The van der Waals surface area contributed by atoms with Crippen molar-refractivity contribution in [2.24, 2.45) is 11.3 Å². The van der Waals surface area contributed by atoms with Crippen molar-refractivity contribution in [2.45, 2.75) is 78.1 Å². The molecule has 0 bridgehead atoms. The molecule has 3 rings (SSSR count). The van der Waals surface area contributed by atoms with Gasteiger partial charge in [-0.1, -0.05) is 33.6 Å². The van der Waals surface area contributed by atoms with Gasteiger partial charge in [-0.25, -0.2) is 4.98 Å². The molecular formula is C19H32N4O. The molecule has 2 fully saturated rings. The van der Waals surface area contributed by atoms with Crippen LogP contribution in [0.5, 0.6) is 0 Å². The predicted octanol–water partition coefficient (Wildman–Crippen LogP) is 3.68. The molecule has 5 nitrogen and oxygen atoms in total. The van der Waals surface area contributed by atoms with Crippen molar-refractivity contribution >= 4 is 5.91 Å². The molecule has 1 aromatic heterocycles. The van der Waals surface area contributed by atoms with Gasteiger partial charge in [0.1, 0.15) is 5.82 Å². The number of amides is 1. The van der Waals surface area contributed by atoms with Crippen LogP contribution in [0.25, 0.3) is 0 Å². The Labute approximate surface area is 145 Å². The third kappa shape index (κ3) is 3.09. The molecule has 0 radical (unpaired) electrons. The summed E-state index contributed by atoms with van der Waals surface area (Å²) in [7, 11) is 0. The number of hydrogen-bond donors (Lipinski definition) is 1. The van der Waals surface area contributed by atoms with E-state index in [1.165, 1.54) is 25.7 Å². The highest BCUT2D eigenvalue weighted by Crippen LogP contribution is 2.53. The van der Waals surface area contributed by atoms with E-state index in [0.717, 1.165) is 50.4 Å². The summed E-state index contributed by atoms with van der Waals surface area (Å²) in [6.07, 6.45) is 8.86. The molecule has 1 spiro atoms. The molecular weight excluding hydrogens is 300 g/mol. The van der Waals surface area contributed by atoms with Gasteiger partial charge in [0.15, 0.2) is 5.82 Å². The smallest absolute Gasteiger partial charge is 0.225 e. The first kappa shape index (κ1) is 17.4. The monoisotopic (exact) mass is 332 g/mol. The Morgan fingerprint density at radius 1 is 1.29 bits per heavy atom. The van der Waals surface area contributed by atoms with Crippen LogP contribution in [0.2, 0.25) is 0 Å². The fourth-order valence-electron chi connectivity index (χ4n) is 4.79. The van der Waals surface area contributed by atoms with Gasteiger partial charge in [0, 0.05) is 31.3 Å². The van der Waals surface area contributed by atoms with Crippen LogP contribution in [0.3, 0.4) is 0 Å². The van der Waals surface area contributed by atoms with E-state index in [2.05, 4.69) is 35.9 Å². The van der Waals surface area contributed by atoms with Crippen molar-refractivity contribution in [1.82, 2.24) is 20.1 Å². The number of carbonyl (C=O) groups is 1. The van der Waals surface area contributed by atoms with Gasteiger partial charge in [0.25, 0.3) is 0 Å². The van der Waals surface area contributed by atoms with Gasteiger partial charge in [-0.05, 0) is 37.5 Å². The zero-order chi connectivity index (χ0) is 17.2. The topological polar surface area (TPSA) is 61.9 Å². The quantitative estimate of drug-likeness (QED) is 0.864. The van der Waals surface area contributed by atoms with E-state index in [0.29, 0.717) is 11.8 Å². The maximum absolute atomic E-state index is 12.9. The third-order valence-electron chi connectivity index (χ3n) is 6.24. The lowest BCUT2D eigenvalue weighted by atomic mass is 9.76. The van der Waals surface area contributed by atoms with Crippen molar-refractivity contribution in [3.8, 4) is 0 Å². The molecule has 2 aliphatic rings. The molecule has 1 unspecified atom stereocenters. The van der Waals surface area contributed by atoms with E-state index in [4.69, 9.17) is 4.98 Å². The number of likely N-dealkylation sites (tertiary alicyclic amines) is 1. The van der Waals surface area contributed by atoms with Crippen LogP contribution in [0.15, 0.2) is 0 Å². The number of aromatic nitrogens is 3. The summed E-state index contributed by atoms with van der Waals surface area (Å²) >= 11 is 0. The molecule has 1 saturated carbocycles. The van der Waals surface area contributed by atoms with Gasteiger partial charge >= 0.3 is 0 Å². The lowest BCUT2D eigenvalue weighted by Gasteiger charge is -2.28. The number of nitrogens with one attached hydrogen (secondary N) is 1. The van der Waals surface area contributed by atoms with E-state index in [9.17, 15) is 4.79 Å². The summed E-state index contributed by atoms with van der Waals surface area (Å²) in [5.74, 6) is 2.76. The molecule has 1 N–H and O–H groups in total. The second kappa shape index (κ2) is 7.24. The Balaban J connectivity index is 1.82. The zero-order valence-corrected chi connectivity index (χ0v) is 15.5. The number of H-pyrrole nitrogens is 1. The number of nitrogens with zero attached hydrogens (tertiary/aromatic N) is 3. The number of aromatic amines is 1. The summed E-state index contributed by atoms with van der Waals surface area (Å²) in [5, 5.41) is 7.66. The molecule has 1 amide bonds. The summed E-state index contributed by atoms with van der Waals surface area (Å²) in [6.45, 7) is 8.12. The molecule has 24 heavy (non-hydrogen) atoms. The maximum Gasteiger partial charge on any atom is 0.225 e. The van der Waals surface area contributed by atoms with Crippen LogP contribution in [-0.2, 0) is 11.2 Å². The van der Waals surface area contributed by atoms with Crippen LogP contribution in [0.4, 0.5) is 0 Å². The van der Waals surface area contributed by atoms with Gasteiger partial charge < -0.3 is 4.90 Å². The Bertz CT molecular complexity index is 557. The fraction of sp³-hybridized carbons (Fsp3) is 0.842. The van der Waals surface area contributed by atoms with Crippen LogP contribution in [0.1, 0.15) is 83.3 Å². The Hall–Kier alpha value is -1.39. The number of hydrogen-bond acceptors (Lipinski definition) is 3. The minimum absolute atomic E-state index is 0.171. The molecule has 1 aliphatic heterocycles. The minimum Gasteiger partial charge on any atom is -0.341 e. The highest BCUT2D eigenvalue weighted by molar-refractivity contribution is 5.79. The van der Waals surface area contributed by atoms with Crippen LogP contribution >= 0.6 is 0 Å². The van der Waals surface area contributed by atoms with Crippen molar-refractivity contribution < 1.29 is 4.79 Å². The first-order chi connectivity index (χ1) is 11.6. The first-order valence-electron chi connectivity index (χ1n) is 9.83. The highest BCUT2D eigenvalue weighted by Gasteiger charge is 2.51. The van der Waals surface area contributed by atoms with Gasteiger partial charge in [0.2, 0.25) is 5.91 Å². The summed E-state index contributed by atoms with van der Waals surface area (Å²) in [4.78, 5) is 19.8. The van der Waals surface area contributed by atoms with Gasteiger partial charge in [-0.15, -0.1) is 0 Å². The normalized spacial score (nSPS) is 22.8. The number of rotatable bonds is 6. The van der Waals surface area contributed by atoms with E-state index < -0.39 is 0 Å². The molecule has 1 aliphatic carbocycles.